The van der Waals surface area contributed by atoms with Gasteiger partial charge in [0.05, 0.1) is 0 Å². The van der Waals surface area contributed by atoms with E-state index in [1.165, 1.54) is 97.4 Å². The molecular weight excluding hydrogens is 284 g/mol. The minimum atomic E-state index is 0.735. The molecule has 0 amide bonds. The van der Waals surface area contributed by atoms with Crippen LogP contribution in [0.1, 0.15) is 38.5 Å². The van der Waals surface area contributed by atoms with Gasteiger partial charge in [-0.3, -0.25) is 4.90 Å². The number of hydrogen-bond donors (Lipinski definition) is 1. The number of nitrogens with zero attached hydrogens (tertiary/aromatic N) is 3. The van der Waals surface area contributed by atoms with Gasteiger partial charge in [-0.05, 0) is 83.1 Å². The lowest BCUT2D eigenvalue weighted by Crippen LogP contribution is -2.58. The average molecular weight is 321 g/mol. The van der Waals surface area contributed by atoms with Crippen molar-refractivity contribution >= 4 is 0 Å². The van der Waals surface area contributed by atoms with Crippen molar-refractivity contribution < 1.29 is 0 Å². The van der Waals surface area contributed by atoms with Crippen LogP contribution in [0.4, 0.5) is 0 Å². The van der Waals surface area contributed by atoms with Crippen LogP contribution in [0, 0.1) is 11.3 Å². The van der Waals surface area contributed by atoms with E-state index in [9.17, 15) is 0 Å². The van der Waals surface area contributed by atoms with Crippen LogP contribution in [0.25, 0.3) is 0 Å². The molecule has 0 unspecified atom stereocenters. The van der Waals surface area contributed by atoms with Gasteiger partial charge >= 0.3 is 0 Å². The maximum Gasteiger partial charge on any atom is 0.0110 e. The molecule has 1 saturated carbocycles. The van der Waals surface area contributed by atoms with Crippen molar-refractivity contribution in [3.63, 3.8) is 0 Å². The molecular formula is C19H36N4. The largest absolute Gasteiger partial charge is 0.314 e. The fraction of sp³-hybridized carbons (Fsp3) is 1.00. The molecule has 4 rings (SSSR count). The molecule has 3 aliphatic heterocycles. The molecule has 0 bridgehead atoms. The van der Waals surface area contributed by atoms with E-state index in [-0.39, 0.29) is 0 Å². The van der Waals surface area contributed by atoms with Gasteiger partial charge < -0.3 is 15.1 Å². The second-order valence-electron chi connectivity index (χ2n) is 8.90. The Bertz CT molecular complexity index is 369. The molecule has 1 N–H and O–H groups in total. The van der Waals surface area contributed by atoms with Crippen LogP contribution in [0.5, 0.6) is 0 Å². The fourth-order valence-corrected chi connectivity index (χ4v) is 5.47. The Morgan fingerprint density at radius 2 is 1.57 bits per heavy atom. The third kappa shape index (κ3) is 3.76. The van der Waals surface area contributed by atoms with Gasteiger partial charge in [-0.25, -0.2) is 0 Å². The highest BCUT2D eigenvalue weighted by Gasteiger charge is 2.47. The van der Waals surface area contributed by atoms with Gasteiger partial charge in [0.1, 0.15) is 0 Å². The first-order chi connectivity index (χ1) is 11.2. The zero-order chi connectivity index (χ0) is 15.7. The summed E-state index contributed by atoms with van der Waals surface area (Å²) in [6, 6.07) is 0.914. The number of hydrogen-bond acceptors (Lipinski definition) is 4. The Morgan fingerprint density at radius 1 is 0.913 bits per heavy atom. The van der Waals surface area contributed by atoms with Gasteiger partial charge in [-0.15, -0.1) is 0 Å². The molecule has 132 valence electrons. The number of nitrogens with one attached hydrogen (secondary N) is 1. The van der Waals surface area contributed by atoms with Crippen molar-refractivity contribution in [3.05, 3.63) is 0 Å². The first-order valence-electron chi connectivity index (χ1n) is 10.1. The molecule has 4 fully saturated rings. The molecule has 23 heavy (non-hydrogen) atoms. The molecule has 0 aromatic carbocycles. The molecule has 1 spiro atoms. The third-order valence-electron chi connectivity index (χ3n) is 7.28. The lowest BCUT2D eigenvalue weighted by molar-refractivity contribution is -0.0486. The summed E-state index contributed by atoms with van der Waals surface area (Å²) in [6.45, 7) is 11.7. The Hall–Kier alpha value is -0.160. The molecule has 1 aliphatic carbocycles. The quantitative estimate of drug-likeness (QED) is 0.850. The zero-order valence-electron chi connectivity index (χ0n) is 15.1. The first kappa shape index (κ1) is 16.3. The standard InChI is InChI=1S/C19H36N4/c1-21-8-2-17(3-9-21)16-22-10-4-19(5-11-22)14-18(15-19)23-12-6-20-7-13-23/h17-18,20H,2-16H2,1H3. The fourth-order valence-electron chi connectivity index (χ4n) is 5.47. The van der Waals surface area contributed by atoms with Crippen LogP contribution in [0.15, 0.2) is 0 Å². The highest BCUT2D eigenvalue weighted by molar-refractivity contribution is 5.01. The van der Waals surface area contributed by atoms with Gasteiger partial charge in [0.15, 0.2) is 0 Å². The van der Waals surface area contributed by atoms with Gasteiger partial charge in [0, 0.05) is 38.8 Å². The summed E-state index contributed by atoms with van der Waals surface area (Å²) in [5, 5.41) is 3.48. The summed E-state index contributed by atoms with van der Waals surface area (Å²) < 4.78 is 0. The summed E-state index contributed by atoms with van der Waals surface area (Å²) >= 11 is 0. The number of likely N-dealkylation sites (tertiary alicyclic amines) is 2. The van der Waals surface area contributed by atoms with Crippen molar-refractivity contribution in [1.29, 1.82) is 0 Å². The van der Waals surface area contributed by atoms with Crippen LogP contribution in [-0.4, -0.2) is 86.7 Å². The van der Waals surface area contributed by atoms with Crippen LogP contribution < -0.4 is 5.32 Å². The first-order valence-corrected chi connectivity index (χ1v) is 10.1. The molecule has 3 saturated heterocycles. The molecule has 0 radical (unpaired) electrons. The van der Waals surface area contributed by atoms with Crippen LogP contribution in [0.2, 0.25) is 0 Å². The lowest BCUT2D eigenvalue weighted by atomic mass is 9.60. The van der Waals surface area contributed by atoms with E-state index < -0.39 is 0 Å². The zero-order valence-corrected chi connectivity index (χ0v) is 15.1. The lowest BCUT2D eigenvalue weighted by Gasteiger charge is -2.56. The van der Waals surface area contributed by atoms with Gasteiger partial charge in [-0.2, -0.15) is 0 Å². The summed E-state index contributed by atoms with van der Waals surface area (Å²) in [5.74, 6) is 0.968. The van der Waals surface area contributed by atoms with Gasteiger partial charge in [0.25, 0.3) is 0 Å². The van der Waals surface area contributed by atoms with Crippen LogP contribution in [0.3, 0.4) is 0 Å². The molecule has 0 atom stereocenters. The molecule has 4 heteroatoms. The third-order valence-corrected chi connectivity index (χ3v) is 7.28. The average Bonchev–Trinajstić information content (AvgIpc) is 2.57. The Morgan fingerprint density at radius 3 is 2.22 bits per heavy atom. The van der Waals surface area contributed by atoms with Crippen LogP contribution >= 0.6 is 0 Å². The molecule has 0 aromatic rings. The maximum atomic E-state index is 3.48. The van der Waals surface area contributed by atoms with E-state index in [0.29, 0.717) is 0 Å². The van der Waals surface area contributed by atoms with E-state index in [2.05, 4.69) is 27.1 Å². The number of piperidine rings is 2. The van der Waals surface area contributed by atoms with Crippen molar-refractivity contribution in [1.82, 2.24) is 20.0 Å². The van der Waals surface area contributed by atoms with E-state index in [1.54, 1.807) is 0 Å². The minimum absolute atomic E-state index is 0.735. The number of rotatable bonds is 3. The predicted molar refractivity (Wildman–Crippen MR) is 95.8 cm³/mol. The number of piperazine rings is 1. The topological polar surface area (TPSA) is 21.8 Å². The van der Waals surface area contributed by atoms with Crippen molar-refractivity contribution in [2.24, 2.45) is 11.3 Å². The normalized spacial score (nSPS) is 32.2. The molecule has 3 heterocycles. The Kier molecular flexibility index (Phi) is 4.96. The SMILES string of the molecule is CN1CCC(CN2CCC3(CC2)CC(N2CCNCC2)C3)CC1. The molecule has 4 nitrogen and oxygen atoms in total. The highest BCUT2D eigenvalue weighted by atomic mass is 15.2. The Labute approximate surface area is 142 Å². The van der Waals surface area contributed by atoms with Crippen molar-refractivity contribution in [2.45, 2.75) is 44.6 Å². The molecule has 0 aromatic heterocycles. The smallest absolute Gasteiger partial charge is 0.0110 e. The predicted octanol–water partition coefficient (Wildman–Crippen LogP) is 1.48. The summed E-state index contributed by atoms with van der Waals surface area (Å²) in [6.07, 6.45) is 8.78. The van der Waals surface area contributed by atoms with E-state index in [0.717, 1.165) is 17.4 Å². The van der Waals surface area contributed by atoms with E-state index in [1.807, 2.05) is 0 Å². The second-order valence-corrected chi connectivity index (χ2v) is 8.90. The minimum Gasteiger partial charge on any atom is -0.314 e. The van der Waals surface area contributed by atoms with Gasteiger partial charge in [0.2, 0.25) is 0 Å². The Balaban J connectivity index is 1.18. The second kappa shape index (κ2) is 6.99. The van der Waals surface area contributed by atoms with Gasteiger partial charge in [-0.1, -0.05) is 0 Å². The van der Waals surface area contributed by atoms with Crippen molar-refractivity contribution in [3.8, 4) is 0 Å². The highest BCUT2D eigenvalue weighted by Crippen LogP contribution is 2.51. The summed E-state index contributed by atoms with van der Waals surface area (Å²) in [4.78, 5) is 8.04. The van der Waals surface area contributed by atoms with Crippen LogP contribution in [-0.2, 0) is 0 Å². The molecule has 4 aliphatic rings. The summed E-state index contributed by atoms with van der Waals surface area (Å²) in [7, 11) is 2.27. The van der Waals surface area contributed by atoms with E-state index in [4.69, 9.17) is 0 Å². The van der Waals surface area contributed by atoms with Crippen molar-refractivity contribution in [2.75, 3.05) is 66.0 Å². The maximum absolute atomic E-state index is 3.48. The summed E-state index contributed by atoms with van der Waals surface area (Å²) in [5.41, 5.74) is 0.735. The monoisotopic (exact) mass is 320 g/mol. The van der Waals surface area contributed by atoms with E-state index >= 15 is 0 Å².